The van der Waals surface area contributed by atoms with Gasteiger partial charge >= 0.3 is 0 Å². The van der Waals surface area contributed by atoms with Gasteiger partial charge in [0.25, 0.3) is 0 Å². The first-order chi connectivity index (χ1) is 30.7. The minimum Gasteiger partial charge on any atom is -0.228 e. The highest BCUT2D eigenvalue weighted by molar-refractivity contribution is 7.99. The molecule has 0 bridgehead atoms. The van der Waals surface area contributed by atoms with Crippen molar-refractivity contribution in [2.45, 2.75) is 15.2 Å². The molecule has 0 saturated carbocycles. The number of fused-ring (bicyclic) bond motifs is 9. The van der Waals surface area contributed by atoms with Crippen LogP contribution in [0.3, 0.4) is 0 Å². The van der Waals surface area contributed by atoms with Gasteiger partial charge in [0.15, 0.2) is 5.82 Å². The Hall–Kier alpha value is -7.59. The molecule has 0 saturated heterocycles. The molecule has 0 atom stereocenters. The summed E-state index contributed by atoms with van der Waals surface area (Å²) in [7, 11) is 0. The Morgan fingerprint density at radius 1 is 0.290 bits per heavy atom. The van der Waals surface area contributed by atoms with E-state index in [1.54, 1.807) is 0 Å². The first kappa shape index (κ1) is 36.3. The van der Waals surface area contributed by atoms with E-state index < -0.39 is 5.41 Å². The van der Waals surface area contributed by atoms with Gasteiger partial charge in [0.2, 0.25) is 0 Å². The van der Waals surface area contributed by atoms with Crippen molar-refractivity contribution < 1.29 is 0 Å². The quantitative estimate of drug-likeness (QED) is 0.167. The monoisotopic (exact) mass is 806 g/mol. The summed E-state index contributed by atoms with van der Waals surface area (Å²) in [5.74, 6) is 0.687. The predicted molar refractivity (Wildman–Crippen MR) is 256 cm³/mol. The second-order valence-corrected chi connectivity index (χ2v) is 17.1. The number of hydrogen-bond acceptors (Lipinski definition) is 3. The number of benzene rings is 9. The molecule has 1 aliphatic carbocycles. The van der Waals surface area contributed by atoms with Crippen LogP contribution in [-0.2, 0) is 5.41 Å². The van der Waals surface area contributed by atoms with Crippen LogP contribution in [0, 0.1) is 0 Å². The molecule has 1 aromatic heterocycles. The Balaban J connectivity index is 1.03. The Morgan fingerprint density at radius 2 is 0.710 bits per heavy atom. The fraction of sp³-hybridized carbons (Fsp3) is 0.0169. The molecule has 1 spiro atoms. The molecule has 0 amide bonds. The van der Waals surface area contributed by atoms with Gasteiger partial charge in [-0.3, -0.25) is 0 Å². The van der Waals surface area contributed by atoms with Crippen molar-refractivity contribution in [2.75, 3.05) is 0 Å². The summed E-state index contributed by atoms with van der Waals surface area (Å²) in [6.45, 7) is 0. The lowest BCUT2D eigenvalue weighted by molar-refractivity contribution is 0.723. The van der Waals surface area contributed by atoms with Crippen LogP contribution in [0.4, 0.5) is 0 Å². The summed E-state index contributed by atoms with van der Waals surface area (Å²) >= 11 is 1.88. The van der Waals surface area contributed by atoms with Crippen molar-refractivity contribution in [1.29, 1.82) is 0 Å². The van der Waals surface area contributed by atoms with Gasteiger partial charge in [-0.15, -0.1) is 0 Å². The molecular formula is C59H38N2S. The fourth-order valence-corrected chi connectivity index (χ4v) is 11.1. The van der Waals surface area contributed by atoms with E-state index in [0.29, 0.717) is 5.82 Å². The second-order valence-electron chi connectivity index (χ2n) is 16.1. The van der Waals surface area contributed by atoms with Gasteiger partial charge in [0.1, 0.15) is 0 Å². The maximum absolute atomic E-state index is 5.36. The van der Waals surface area contributed by atoms with Crippen molar-refractivity contribution in [3.8, 4) is 78.4 Å². The highest BCUT2D eigenvalue weighted by atomic mass is 32.2. The summed E-state index contributed by atoms with van der Waals surface area (Å²) in [6.07, 6.45) is 0. The summed E-state index contributed by atoms with van der Waals surface area (Å²) in [4.78, 5) is 13.3. The molecule has 290 valence electrons. The smallest absolute Gasteiger partial charge is 0.160 e. The molecule has 0 N–H and O–H groups in total. The zero-order valence-electron chi connectivity index (χ0n) is 33.7. The molecule has 2 nitrogen and oxygen atoms in total. The van der Waals surface area contributed by atoms with Crippen LogP contribution in [0.5, 0.6) is 0 Å². The van der Waals surface area contributed by atoms with Gasteiger partial charge in [-0.2, -0.15) is 0 Å². The van der Waals surface area contributed by atoms with Gasteiger partial charge in [-0.05, 0) is 97.1 Å². The fourth-order valence-electron chi connectivity index (χ4n) is 9.78. The summed E-state index contributed by atoms with van der Waals surface area (Å²) in [5, 5.41) is 0. The molecule has 2 aliphatic rings. The maximum atomic E-state index is 5.36. The summed E-state index contributed by atoms with van der Waals surface area (Å²) in [6, 6.07) is 83.3. The summed E-state index contributed by atoms with van der Waals surface area (Å²) < 4.78 is 0. The molecule has 0 fully saturated rings. The number of nitrogens with zero attached hydrogens (tertiary/aromatic N) is 2. The lowest BCUT2D eigenvalue weighted by Crippen LogP contribution is -2.32. The predicted octanol–water partition coefficient (Wildman–Crippen LogP) is 15.3. The first-order valence-corrected chi connectivity index (χ1v) is 22.0. The normalized spacial score (nSPS) is 12.9. The largest absolute Gasteiger partial charge is 0.228 e. The van der Waals surface area contributed by atoms with Crippen LogP contribution in [0.1, 0.15) is 22.3 Å². The van der Waals surface area contributed by atoms with Crippen molar-refractivity contribution in [3.63, 3.8) is 0 Å². The molecule has 10 aromatic rings. The van der Waals surface area contributed by atoms with E-state index >= 15 is 0 Å². The van der Waals surface area contributed by atoms with Crippen LogP contribution in [0.2, 0.25) is 0 Å². The zero-order valence-corrected chi connectivity index (χ0v) is 34.6. The maximum Gasteiger partial charge on any atom is 0.160 e. The topological polar surface area (TPSA) is 25.8 Å². The number of aromatic nitrogens is 2. The third kappa shape index (κ3) is 5.89. The van der Waals surface area contributed by atoms with Crippen molar-refractivity contribution >= 4 is 11.8 Å². The van der Waals surface area contributed by atoms with Crippen molar-refractivity contribution in [1.82, 2.24) is 9.97 Å². The molecule has 1 aliphatic heterocycles. The molecule has 9 aromatic carbocycles. The van der Waals surface area contributed by atoms with Gasteiger partial charge in [0, 0.05) is 26.5 Å². The molecular weight excluding hydrogens is 769 g/mol. The molecule has 3 heteroatoms. The third-order valence-electron chi connectivity index (χ3n) is 12.6. The molecule has 0 radical (unpaired) electrons. The van der Waals surface area contributed by atoms with Crippen LogP contribution in [-0.4, -0.2) is 9.97 Å². The van der Waals surface area contributed by atoms with E-state index in [1.165, 1.54) is 59.9 Å². The van der Waals surface area contributed by atoms with E-state index in [-0.39, 0.29) is 0 Å². The molecule has 62 heavy (non-hydrogen) atoms. The Bertz CT molecular complexity index is 3190. The minimum atomic E-state index is -0.438. The van der Waals surface area contributed by atoms with E-state index in [2.05, 4.69) is 231 Å². The molecule has 0 unspecified atom stereocenters. The summed E-state index contributed by atoms with van der Waals surface area (Å²) in [5.41, 5.74) is 19.3. The third-order valence-corrected chi connectivity index (χ3v) is 13.8. The lowest BCUT2D eigenvalue weighted by atomic mass is 9.67. The highest BCUT2D eigenvalue weighted by Gasteiger charge is 2.50. The van der Waals surface area contributed by atoms with E-state index in [1.807, 2.05) is 11.8 Å². The SMILES string of the molecule is c1ccc(-c2cccc(-c3cc(-c4cccc(-c5ccccc5)c4)nc(-c4cccc(-c5cccc6c5Sc5ccccc5C65c6ccccc6-c6ccccc65)c4)n3)c2)cc1. The zero-order chi connectivity index (χ0) is 41.0. The van der Waals surface area contributed by atoms with Crippen LogP contribution >= 0.6 is 11.8 Å². The molecule has 2 heterocycles. The van der Waals surface area contributed by atoms with Gasteiger partial charge in [0.05, 0.1) is 16.8 Å². The van der Waals surface area contributed by atoms with Crippen molar-refractivity contribution in [2.24, 2.45) is 0 Å². The van der Waals surface area contributed by atoms with Crippen LogP contribution < -0.4 is 0 Å². The highest BCUT2D eigenvalue weighted by Crippen LogP contribution is 2.63. The average Bonchev–Trinajstić information content (AvgIpc) is 3.65. The Kier molecular flexibility index (Phi) is 8.69. The van der Waals surface area contributed by atoms with Gasteiger partial charge < -0.3 is 0 Å². The Morgan fingerprint density at radius 3 is 1.32 bits per heavy atom. The van der Waals surface area contributed by atoms with E-state index in [9.17, 15) is 0 Å². The number of rotatable bonds is 6. The van der Waals surface area contributed by atoms with Crippen LogP contribution in [0.15, 0.2) is 240 Å². The van der Waals surface area contributed by atoms with Crippen LogP contribution in [0.25, 0.3) is 78.4 Å². The van der Waals surface area contributed by atoms with Gasteiger partial charge in [-0.25, -0.2) is 9.97 Å². The van der Waals surface area contributed by atoms with Crippen molar-refractivity contribution in [3.05, 3.63) is 253 Å². The second kappa shape index (κ2) is 14.8. The standard InChI is InChI=1S/C59H38N2S/c1-3-17-39(18-4-1)41-21-13-24-44(35-41)54-38-55(45-25-14-22-42(36-45)40-19-5-2-6-20-40)61-58(60-54)46-26-15-23-43(37-46)47-29-16-33-53-57(47)62-56-34-12-11-32-52(56)59(53)50-30-9-7-27-48(50)49-28-8-10-31-51(49)59/h1-38H. The van der Waals surface area contributed by atoms with E-state index in [0.717, 1.165) is 44.8 Å². The lowest BCUT2D eigenvalue weighted by Gasteiger charge is -2.40. The van der Waals surface area contributed by atoms with Gasteiger partial charge in [-0.1, -0.05) is 212 Å². The average molecular weight is 807 g/mol. The molecule has 12 rings (SSSR count). The number of hydrogen-bond donors (Lipinski definition) is 0. The van der Waals surface area contributed by atoms with E-state index in [4.69, 9.17) is 9.97 Å². The first-order valence-electron chi connectivity index (χ1n) is 21.1. The minimum absolute atomic E-state index is 0.438. The Labute approximate surface area is 366 Å².